The summed E-state index contributed by atoms with van der Waals surface area (Å²) >= 11 is 0. The van der Waals surface area contributed by atoms with Crippen LogP contribution in [0.3, 0.4) is 0 Å². The van der Waals surface area contributed by atoms with Gasteiger partial charge in [-0.25, -0.2) is 0 Å². The number of carbonyl (C=O) groups is 1. The number of hydrogen-bond acceptors (Lipinski definition) is 2. The van der Waals surface area contributed by atoms with Crippen molar-refractivity contribution in [1.82, 2.24) is 15.1 Å². The number of amides is 1. The van der Waals surface area contributed by atoms with Gasteiger partial charge >= 0.3 is 0 Å². The molecule has 4 nitrogen and oxygen atoms in total. The summed E-state index contributed by atoms with van der Waals surface area (Å²) in [6.07, 6.45) is 4.95. The Labute approximate surface area is 113 Å². The van der Waals surface area contributed by atoms with E-state index in [1.165, 1.54) is 11.1 Å². The fraction of sp³-hybridized carbons (Fsp3) is 0.333. The number of nitrogens with zero attached hydrogens (tertiary/aromatic N) is 2. The van der Waals surface area contributed by atoms with E-state index in [-0.39, 0.29) is 5.91 Å². The van der Waals surface area contributed by atoms with Crippen LogP contribution in [-0.4, -0.2) is 22.2 Å². The average molecular weight is 257 g/mol. The van der Waals surface area contributed by atoms with Crippen molar-refractivity contribution in [2.75, 3.05) is 6.54 Å². The van der Waals surface area contributed by atoms with Crippen LogP contribution in [0.15, 0.2) is 42.7 Å². The largest absolute Gasteiger partial charge is 0.354 e. The minimum absolute atomic E-state index is 0.0930. The Balaban J connectivity index is 1.69. The van der Waals surface area contributed by atoms with E-state index in [2.05, 4.69) is 29.5 Å². The van der Waals surface area contributed by atoms with E-state index in [1.54, 1.807) is 6.20 Å². The van der Waals surface area contributed by atoms with E-state index in [0.29, 0.717) is 19.5 Å². The van der Waals surface area contributed by atoms with Crippen LogP contribution in [-0.2, 0) is 17.8 Å². The summed E-state index contributed by atoms with van der Waals surface area (Å²) in [4.78, 5) is 11.7. The number of nitrogens with one attached hydrogen (secondary N) is 1. The molecule has 19 heavy (non-hydrogen) atoms. The summed E-state index contributed by atoms with van der Waals surface area (Å²) in [6.45, 7) is 3.41. The van der Waals surface area contributed by atoms with E-state index < -0.39 is 0 Å². The van der Waals surface area contributed by atoms with E-state index in [4.69, 9.17) is 0 Å². The van der Waals surface area contributed by atoms with Gasteiger partial charge in [0.15, 0.2) is 0 Å². The molecule has 1 N–H and O–H groups in total. The molecule has 1 aromatic carbocycles. The van der Waals surface area contributed by atoms with Crippen molar-refractivity contribution in [1.29, 1.82) is 0 Å². The maximum absolute atomic E-state index is 11.7. The smallest absolute Gasteiger partial charge is 0.220 e. The predicted octanol–water partition coefficient (Wildman–Crippen LogP) is 1.94. The first-order valence-electron chi connectivity index (χ1n) is 6.54. The highest BCUT2D eigenvalue weighted by Gasteiger charge is 2.03. The Morgan fingerprint density at radius 1 is 1.32 bits per heavy atom. The van der Waals surface area contributed by atoms with Crippen LogP contribution in [0.4, 0.5) is 0 Å². The van der Waals surface area contributed by atoms with Crippen LogP contribution in [0.25, 0.3) is 0 Å². The fourth-order valence-corrected chi connectivity index (χ4v) is 1.97. The summed E-state index contributed by atoms with van der Waals surface area (Å²) < 4.78 is 1.81. The predicted molar refractivity (Wildman–Crippen MR) is 74.7 cm³/mol. The monoisotopic (exact) mass is 257 g/mol. The van der Waals surface area contributed by atoms with Crippen molar-refractivity contribution < 1.29 is 4.79 Å². The SMILES string of the molecule is Cc1ccccc1CCC(=O)NCCn1cccn1. The maximum Gasteiger partial charge on any atom is 0.220 e. The van der Waals surface area contributed by atoms with Gasteiger partial charge in [-0.2, -0.15) is 5.10 Å². The summed E-state index contributed by atoms with van der Waals surface area (Å²) in [5, 5.41) is 6.99. The summed E-state index contributed by atoms with van der Waals surface area (Å²) in [7, 11) is 0. The first-order valence-corrected chi connectivity index (χ1v) is 6.54. The molecule has 0 aliphatic heterocycles. The molecule has 1 heterocycles. The molecule has 0 bridgehead atoms. The van der Waals surface area contributed by atoms with Crippen LogP contribution in [0.5, 0.6) is 0 Å². The molecule has 100 valence electrons. The molecule has 0 saturated heterocycles. The molecule has 0 aliphatic rings. The molecule has 0 atom stereocenters. The zero-order chi connectivity index (χ0) is 13.5. The molecule has 0 unspecified atom stereocenters. The molecule has 4 heteroatoms. The minimum Gasteiger partial charge on any atom is -0.354 e. The number of benzene rings is 1. The highest BCUT2D eigenvalue weighted by molar-refractivity contribution is 5.76. The molecule has 0 aliphatic carbocycles. The van der Waals surface area contributed by atoms with Gasteiger partial charge < -0.3 is 5.32 Å². The van der Waals surface area contributed by atoms with Crippen molar-refractivity contribution in [3.63, 3.8) is 0 Å². The zero-order valence-corrected chi connectivity index (χ0v) is 11.2. The Hall–Kier alpha value is -2.10. The summed E-state index contributed by atoms with van der Waals surface area (Å²) in [6, 6.07) is 10.1. The van der Waals surface area contributed by atoms with Crippen LogP contribution in [0, 0.1) is 6.92 Å². The Morgan fingerprint density at radius 2 is 2.16 bits per heavy atom. The lowest BCUT2D eigenvalue weighted by Crippen LogP contribution is -2.27. The van der Waals surface area contributed by atoms with Crippen LogP contribution < -0.4 is 5.32 Å². The van der Waals surface area contributed by atoms with Gasteiger partial charge in [0.05, 0.1) is 6.54 Å². The van der Waals surface area contributed by atoms with Crippen molar-refractivity contribution in [2.45, 2.75) is 26.3 Å². The molecule has 1 aromatic heterocycles. The maximum atomic E-state index is 11.7. The first-order chi connectivity index (χ1) is 9.25. The van der Waals surface area contributed by atoms with Crippen molar-refractivity contribution >= 4 is 5.91 Å². The molecule has 0 radical (unpaired) electrons. The molecule has 0 fully saturated rings. The highest BCUT2D eigenvalue weighted by Crippen LogP contribution is 2.09. The highest BCUT2D eigenvalue weighted by atomic mass is 16.1. The summed E-state index contributed by atoms with van der Waals surface area (Å²) in [5.41, 5.74) is 2.48. The minimum atomic E-state index is 0.0930. The third kappa shape index (κ3) is 4.25. The molecular weight excluding hydrogens is 238 g/mol. The normalized spacial score (nSPS) is 10.4. The van der Waals surface area contributed by atoms with Gasteiger partial charge in [0.2, 0.25) is 5.91 Å². The van der Waals surface area contributed by atoms with Crippen LogP contribution >= 0.6 is 0 Å². The van der Waals surface area contributed by atoms with Crippen molar-refractivity contribution in [2.24, 2.45) is 0 Å². The van der Waals surface area contributed by atoms with E-state index in [1.807, 2.05) is 29.1 Å². The van der Waals surface area contributed by atoms with Gasteiger partial charge in [-0.15, -0.1) is 0 Å². The van der Waals surface area contributed by atoms with Crippen LogP contribution in [0.1, 0.15) is 17.5 Å². The third-order valence-corrected chi connectivity index (χ3v) is 3.10. The molecule has 0 spiro atoms. The van der Waals surface area contributed by atoms with Gasteiger partial charge in [-0.05, 0) is 30.5 Å². The third-order valence-electron chi connectivity index (χ3n) is 3.10. The van der Waals surface area contributed by atoms with Gasteiger partial charge in [0, 0.05) is 25.4 Å². The number of aromatic nitrogens is 2. The number of hydrogen-bond donors (Lipinski definition) is 1. The standard InChI is InChI=1S/C15H19N3O/c1-13-5-2-3-6-14(13)7-8-15(19)16-10-12-18-11-4-9-17-18/h2-6,9,11H,7-8,10,12H2,1H3,(H,16,19). The van der Waals surface area contributed by atoms with Gasteiger partial charge in [-0.1, -0.05) is 24.3 Å². The van der Waals surface area contributed by atoms with Crippen molar-refractivity contribution in [3.05, 3.63) is 53.9 Å². The van der Waals surface area contributed by atoms with Crippen molar-refractivity contribution in [3.8, 4) is 0 Å². The van der Waals surface area contributed by atoms with Gasteiger partial charge in [-0.3, -0.25) is 9.48 Å². The topological polar surface area (TPSA) is 46.9 Å². The van der Waals surface area contributed by atoms with E-state index in [9.17, 15) is 4.79 Å². The second-order valence-electron chi connectivity index (χ2n) is 4.55. The quantitative estimate of drug-likeness (QED) is 0.859. The first kappa shape index (κ1) is 13.3. The van der Waals surface area contributed by atoms with E-state index >= 15 is 0 Å². The van der Waals surface area contributed by atoms with Crippen LogP contribution in [0.2, 0.25) is 0 Å². The second-order valence-corrected chi connectivity index (χ2v) is 4.55. The lowest BCUT2D eigenvalue weighted by Gasteiger charge is -2.07. The number of aryl methyl sites for hydroxylation is 2. The number of carbonyl (C=O) groups excluding carboxylic acids is 1. The lowest BCUT2D eigenvalue weighted by atomic mass is 10.0. The average Bonchev–Trinajstić information content (AvgIpc) is 2.91. The lowest BCUT2D eigenvalue weighted by molar-refractivity contribution is -0.121. The molecule has 1 amide bonds. The van der Waals surface area contributed by atoms with E-state index in [0.717, 1.165) is 6.42 Å². The number of rotatable bonds is 6. The Bertz CT molecular complexity index is 520. The fourth-order valence-electron chi connectivity index (χ4n) is 1.97. The molecular formula is C15H19N3O. The second kappa shape index (κ2) is 6.73. The zero-order valence-electron chi connectivity index (χ0n) is 11.2. The Kier molecular flexibility index (Phi) is 4.72. The molecule has 2 aromatic rings. The molecule has 2 rings (SSSR count). The summed E-state index contributed by atoms with van der Waals surface area (Å²) in [5.74, 6) is 0.0930. The molecule has 0 saturated carbocycles. The van der Waals surface area contributed by atoms with Gasteiger partial charge in [0.1, 0.15) is 0 Å². The van der Waals surface area contributed by atoms with Gasteiger partial charge in [0.25, 0.3) is 0 Å². The Morgan fingerprint density at radius 3 is 2.89 bits per heavy atom.